The quantitative estimate of drug-likeness (QED) is 0.195. The molecule has 0 radical (unpaired) electrons. The maximum atomic E-state index is 15.4. The number of H-pyrrole nitrogens is 1. The van der Waals surface area contributed by atoms with E-state index in [9.17, 15) is 22.7 Å². The van der Waals surface area contributed by atoms with Crippen molar-refractivity contribution in [2.75, 3.05) is 24.2 Å². The van der Waals surface area contributed by atoms with Gasteiger partial charge >= 0.3 is 11.5 Å². The molecule has 3 heterocycles. The molecule has 0 aliphatic rings. The number of anilines is 1. The average Bonchev–Trinajstić information content (AvgIpc) is 3.61. The number of nitrogens with zero attached hydrogens (tertiary/aromatic N) is 2. The number of carbonyl (C=O) groups is 1. The molecule has 6 aromatic rings. The van der Waals surface area contributed by atoms with Crippen molar-refractivity contribution >= 4 is 43.8 Å². The molecule has 0 fully saturated rings. The molecule has 0 aliphatic heterocycles. The summed E-state index contributed by atoms with van der Waals surface area (Å²) in [6.07, 6.45) is 2.77. The zero-order valence-corrected chi connectivity index (χ0v) is 26.7. The van der Waals surface area contributed by atoms with Crippen molar-refractivity contribution < 1.29 is 40.9 Å². The zero-order chi connectivity index (χ0) is 33.7. The lowest BCUT2D eigenvalue weighted by Crippen LogP contribution is -2.35. The molecule has 47 heavy (non-hydrogen) atoms. The fourth-order valence-electron chi connectivity index (χ4n) is 5.37. The van der Waals surface area contributed by atoms with Crippen molar-refractivity contribution in [2.24, 2.45) is 0 Å². The summed E-state index contributed by atoms with van der Waals surface area (Å²) < 4.78 is 69.0. The van der Waals surface area contributed by atoms with Crippen molar-refractivity contribution in [1.29, 1.82) is 0 Å². The molecule has 0 saturated heterocycles. The molecule has 0 aliphatic carbocycles. The normalized spacial score (nSPS) is 12.1. The van der Waals surface area contributed by atoms with Gasteiger partial charge in [0.05, 0.1) is 34.9 Å². The van der Waals surface area contributed by atoms with Crippen LogP contribution < -0.4 is 14.6 Å². The lowest BCUT2D eigenvalue weighted by atomic mass is 9.96. The second kappa shape index (κ2) is 11.9. The Labute approximate surface area is 268 Å². The molecule has 3 N–H and O–H groups in total. The van der Waals surface area contributed by atoms with E-state index >= 15 is 4.39 Å². The number of hydrogen-bond donors (Lipinski definition) is 2. The van der Waals surface area contributed by atoms with E-state index in [2.05, 4.69) is 15.3 Å². The zero-order valence-electron chi connectivity index (χ0n) is 25.9. The van der Waals surface area contributed by atoms with E-state index < -0.39 is 33.2 Å². The molecular weight excluding hydrogens is 630 g/mol. The highest BCUT2D eigenvalue weighted by Crippen LogP contribution is 2.43. The standard InChI is InChI=1S/C34H30F2N4O6S/c1-34(2,42)11-13-40(47(4,43)44)26-18-28-25(29(32(41)37-3)30(45-28)19-7-9-22(35)10-8-19)17-24(26)20-14-21(16-23(36)15-20)33-39-31-27(46-33)6-5-12-38-31/h5-10,12,14-18,42H,11,13H2,1-4H3,(H,37,41)/p+1. The Balaban J connectivity index is 1.65. The first-order valence-corrected chi connectivity index (χ1v) is 16.4. The molecule has 3 aromatic heterocycles. The van der Waals surface area contributed by atoms with Gasteiger partial charge in [0.25, 0.3) is 5.91 Å². The van der Waals surface area contributed by atoms with Gasteiger partial charge in [0.2, 0.25) is 15.6 Å². The number of aromatic amines is 1. The van der Waals surface area contributed by atoms with Crippen LogP contribution in [0.4, 0.5) is 14.5 Å². The number of nitrogens with one attached hydrogen (secondary N) is 2. The second-order valence-electron chi connectivity index (χ2n) is 11.8. The van der Waals surface area contributed by atoms with Gasteiger partial charge < -0.3 is 19.3 Å². The highest BCUT2D eigenvalue weighted by atomic mass is 32.2. The Bertz CT molecular complexity index is 2220. The van der Waals surface area contributed by atoms with Crippen molar-refractivity contribution in [2.45, 2.75) is 25.9 Å². The minimum absolute atomic E-state index is 0.0633. The lowest BCUT2D eigenvalue weighted by molar-refractivity contribution is -0.347. The third-order valence-electron chi connectivity index (χ3n) is 7.64. The SMILES string of the molecule is CNC(=O)c1c(-c2ccc(F)cc2)oc2cc(N(CCC(C)(C)O)S(C)(=O)=O)c(-c3cc(F)cc(-c4nc5[nH+]cccc5o4)c3)cc12. The van der Waals surface area contributed by atoms with Gasteiger partial charge in [-0.25, -0.2) is 22.2 Å². The van der Waals surface area contributed by atoms with Gasteiger partial charge in [-0.3, -0.25) is 9.10 Å². The summed E-state index contributed by atoms with van der Waals surface area (Å²) in [7, 11) is -2.53. The first kappa shape index (κ1) is 31.8. The number of hydrogen-bond acceptors (Lipinski definition) is 7. The molecule has 3 aromatic carbocycles. The average molecular weight is 662 g/mol. The molecule has 242 valence electrons. The summed E-state index contributed by atoms with van der Waals surface area (Å²) in [6, 6.07) is 15.9. The lowest BCUT2D eigenvalue weighted by Gasteiger charge is -2.28. The van der Waals surface area contributed by atoms with Gasteiger partial charge in [-0.05, 0) is 86.5 Å². The molecule has 13 heteroatoms. The maximum Gasteiger partial charge on any atom is 0.368 e. The number of fused-ring (bicyclic) bond motifs is 2. The number of rotatable bonds is 9. The van der Waals surface area contributed by atoms with Crippen LogP contribution in [0, 0.1) is 11.6 Å². The summed E-state index contributed by atoms with van der Waals surface area (Å²) in [5.41, 5.74) is 1.28. The number of carbonyl (C=O) groups excluding carboxylic acids is 1. The molecule has 0 bridgehead atoms. The van der Waals surface area contributed by atoms with Crippen LogP contribution in [0.3, 0.4) is 0 Å². The number of furan rings is 1. The fourth-order valence-corrected chi connectivity index (χ4v) is 6.30. The highest BCUT2D eigenvalue weighted by Gasteiger charge is 2.29. The van der Waals surface area contributed by atoms with Gasteiger partial charge in [-0.15, -0.1) is 0 Å². The molecular formula is C34H31F2N4O6S+. The first-order chi connectivity index (χ1) is 22.2. The Kier molecular flexibility index (Phi) is 8.06. The number of pyridine rings is 1. The van der Waals surface area contributed by atoms with E-state index in [1.807, 2.05) is 0 Å². The maximum absolute atomic E-state index is 15.4. The number of oxazole rings is 1. The number of halogens is 2. The summed E-state index contributed by atoms with van der Waals surface area (Å²) >= 11 is 0. The minimum atomic E-state index is -3.98. The van der Waals surface area contributed by atoms with Crippen LogP contribution in [0.2, 0.25) is 0 Å². The van der Waals surface area contributed by atoms with Crippen molar-refractivity contribution in [3.05, 3.63) is 90.1 Å². The summed E-state index contributed by atoms with van der Waals surface area (Å²) in [5, 5.41) is 13.4. The largest absolute Gasteiger partial charge is 0.455 e. The van der Waals surface area contributed by atoms with Gasteiger partial charge in [-0.2, -0.15) is 0 Å². The van der Waals surface area contributed by atoms with Crippen molar-refractivity contribution in [3.63, 3.8) is 0 Å². The Morgan fingerprint density at radius 1 is 0.979 bits per heavy atom. The van der Waals surface area contributed by atoms with Crippen LogP contribution in [0.5, 0.6) is 0 Å². The smallest absolute Gasteiger partial charge is 0.368 e. The Morgan fingerprint density at radius 3 is 2.36 bits per heavy atom. The van der Waals surface area contributed by atoms with Gasteiger partial charge in [-0.1, -0.05) is 0 Å². The monoisotopic (exact) mass is 661 g/mol. The van der Waals surface area contributed by atoms with Crippen LogP contribution in [0.15, 0.2) is 81.8 Å². The van der Waals surface area contributed by atoms with E-state index in [-0.39, 0.29) is 58.1 Å². The molecule has 10 nitrogen and oxygen atoms in total. The summed E-state index contributed by atoms with van der Waals surface area (Å²) in [4.78, 5) is 20.7. The fraction of sp³-hybridized carbons (Fsp3) is 0.206. The van der Waals surface area contributed by atoms with Gasteiger partial charge in [0.1, 0.15) is 23.0 Å². The summed E-state index contributed by atoms with van der Waals surface area (Å²) in [5.74, 6) is -1.38. The number of aromatic nitrogens is 2. The molecule has 6 rings (SSSR count). The van der Waals surface area contributed by atoms with E-state index in [1.165, 1.54) is 49.5 Å². The predicted molar refractivity (Wildman–Crippen MR) is 173 cm³/mol. The number of benzene rings is 3. The van der Waals surface area contributed by atoms with Crippen LogP contribution in [0.25, 0.3) is 56.1 Å². The van der Waals surface area contributed by atoms with Crippen molar-refractivity contribution in [3.8, 4) is 33.9 Å². The molecule has 0 unspecified atom stereocenters. The number of sulfonamides is 1. The number of aliphatic hydroxyl groups is 1. The highest BCUT2D eigenvalue weighted by molar-refractivity contribution is 7.92. The molecule has 0 spiro atoms. The molecule has 1 amide bonds. The van der Waals surface area contributed by atoms with Crippen LogP contribution in [-0.4, -0.2) is 49.9 Å². The van der Waals surface area contributed by atoms with Crippen LogP contribution >= 0.6 is 0 Å². The number of amides is 1. The topological polar surface area (TPSA) is 140 Å². The molecule has 0 atom stereocenters. The first-order valence-electron chi connectivity index (χ1n) is 14.6. The van der Waals surface area contributed by atoms with E-state index in [0.717, 1.165) is 10.6 Å². The van der Waals surface area contributed by atoms with E-state index in [0.29, 0.717) is 22.2 Å². The minimum Gasteiger partial charge on any atom is -0.455 e. The van der Waals surface area contributed by atoms with E-state index in [1.54, 1.807) is 44.3 Å². The van der Waals surface area contributed by atoms with Crippen molar-refractivity contribution in [1.82, 2.24) is 10.3 Å². The Morgan fingerprint density at radius 2 is 1.70 bits per heavy atom. The summed E-state index contributed by atoms with van der Waals surface area (Å²) in [6.45, 7) is 2.99. The second-order valence-corrected chi connectivity index (χ2v) is 13.7. The van der Waals surface area contributed by atoms with Crippen LogP contribution in [0.1, 0.15) is 30.6 Å². The third kappa shape index (κ3) is 6.44. The Hall–Kier alpha value is -5.14. The van der Waals surface area contributed by atoms with E-state index in [4.69, 9.17) is 8.83 Å². The third-order valence-corrected chi connectivity index (χ3v) is 8.82. The van der Waals surface area contributed by atoms with Crippen LogP contribution in [-0.2, 0) is 10.0 Å². The molecule has 0 saturated carbocycles. The van der Waals surface area contributed by atoms with Gasteiger partial charge in [0.15, 0.2) is 0 Å². The van der Waals surface area contributed by atoms with Gasteiger partial charge in [0, 0.05) is 41.2 Å². The predicted octanol–water partition coefficient (Wildman–Crippen LogP) is 5.95.